The first-order valence-corrected chi connectivity index (χ1v) is 7.67. The Balaban J connectivity index is 1.66. The summed E-state index contributed by atoms with van der Waals surface area (Å²) in [5.74, 6) is -0.651. The van der Waals surface area contributed by atoms with Gasteiger partial charge in [-0.15, -0.1) is 0 Å². The normalized spacial score (nSPS) is 16.6. The zero-order valence-corrected chi connectivity index (χ0v) is 13.1. The molecule has 0 aromatic heterocycles. The number of hydrogen-bond acceptors (Lipinski definition) is 3. The van der Waals surface area contributed by atoms with Crippen molar-refractivity contribution in [1.82, 2.24) is 0 Å². The fraction of sp³-hybridized carbons (Fsp3) is 0.222. The molecule has 1 amide bonds. The van der Waals surface area contributed by atoms with E-state index in [4.69, 9.17) is 0 Å². The molecule has 0 saturated heterocycles. The van der Waals surface area contributed by atoms with Gasteiger partial charge in [0.15, 0.2) is 0 Å². The molecule has 1 heterocycles. The van der Waals surface area contributed by atoms with Gasteiger partial charge in [-0.25, -0.2) is 0 Å². The number of para-hydroxylation sites is 2. The smallest absolute Gasteiger partial charge is 0.372 e. The molecule has 0 bridgehead atoms. The van der Waals surface area contributed by atoms with E-state index in [1.165, 1.54) is 12.1 Å². The highest BCUT2D eigenvalue weighted by Crippen LogP contribution is 2.30. The molecule has 1 aliphatic heterocycles. The van der Waals surface area contributed by atoms with Crippen LogP contribution in [0.4, 0.5) is 24.5 Å². The largest absolute Gasteiger partial charge is 0.416 e. The fourth-order valence-corrected chi connectivity index (χ4v) is 2.72. The molecule has 3 rings (SSSR count). The van der Waals surface area contributed by atoms with Gasteiger partial charge in [0.05, 0.1) is 16.9 Å². The van der Waals surface area contributed by atoms with E-state index < -0.39 is 17.8 Å². The molecule has 25 heavy (non-hydrogen) atoms. The van der Waals surface area contributed by atoms with Crippen LogP contribution in [0.2, 0.25) is 0 Å². The molecule has 2 aromatic carbocycles. The second kappa shape index (κ2) is 6.58. The minimum absolute atomic E-state index is 0.101. The molecule has 0 spiro atoms. The van der Waals surface area contributed by atoms with Gasteiger partial charge in [0.1, 0.15) is 11.8 Å². The van der Waals surface area contributed by atoms with Crippen LogP contribution < -0.4 is 10.6 Å². The number of ketones is 1. The number of carbonyl (C=O) groups excluding carboxylic acids is 2. The molecule has 0 aliphatic carbocycles. The maximum atomic E-state index is 12.7. The third-order valence-electron chi connectivity index (χ3n) is 3.92. The lowest BCUT2D eigenvalue weighted by Gasteiger charge is -2.26. The van der Waals surface area contributed by atoms with Crippen LogP contribution in [0, 0.1) is 0 Å². The van der Waals surface area contributed by atoms with Crippen molar-refractivity contribution >= 4 is 23.1 Å². The Labute approximate surface area is 142 Å². The van der Waals surface area contributed by atoms with E-state index >= 15 is 0 Å². The molecule has 2 N–H and O–H groups in total. The van der Waals surface area contributed by atoms with Crippen LogP contribution in [0.1, 0.15) is 17.5 Å². The minimum Gasteiger partial charge on any atom is -0.372 e. The van der Waals surface area contributed by atoms with Crippen molar-refractivity contribution in [2.45, 2.75) is 25.1 Å². The number of carbonyl (C=O) groups is 2. The number of rotatable bonds is 4. The van der Waals surface area contributed by atoms with E-state index in [-0.39, 0.29) is 30.1 Å². The summed E-state index contributed by atoms with van der Waals surface area (Å²) in [6.45, 7) is 0. The van der Waals surface area contributed by atoms with Crippen molar-refractivity contribution in [2.75, 3.05) is 10.6 Å². The van der Waals surface area contributed by atoms with Crippen molar-refractivity contribution < 1.29 is 22.8 Å². The summed E-state index contributed by atoms with van der Waals surface area (Å²) in [5.41, 5.74) is 0.824. The van der Waals surface area contributed by atoms with Crippen LogP contribution in [0.5, 0.6) is 0 Å². The summed E-state index contributed by atoms with van der Waals surface area (Å²) in [7, 11) is 0. The lowest BCUT2D eigenvalue weighted by atomic mass is 10.00. The van der Waals surface area contributed by atoms with Gasteiger partial charge in [-0.2, -0.15) is 13.2 Å². The van der Waals surface area contributed by atoms with Crippen LogP contribution in [0.3, 0.4) is 0 Å². The SMILES string of the molecule is O=C(Cc1cccc(C(F)(F)F)c1)CC1Nc2ccccc2NC1=O. The molecule has 0 saturated carbocycles. The highest BCUT2D eigenvalue weighted by molar-refractivity contribution is 6.05. The Hall–Kier alpha value is -2.83. The number of nitrogens with one attached hydrogen (secondary N) is 2. The summed E-state index contributed by atoms with van der Waals surface area (Å²) in [6, 6.07) is 11.0. The molecular formula is C18H15F3N2O2. The van der Waals surface area contributed by atoms with Gasteiger partial charge in [0.25, 0.3) is 0 Å². The lowest BCUT2D eigenvalue weighted by molar-refractivity contribution is -0.137. The zero-order valence-electron chi connectivity index (χ0n) is 13.1. The number of fused-ring (bicyclic) bond motifs is 1. The number of amides is 1. The Morgan fingerprint density at radius 2 is 1.76 bits per heavy atom. The van der Waals surface area contributed by atoms with E-state index in [2.05, 4.69) is 10.6 Å². The predicted octanol–water partition coefficient (Wildman–Crippen LogP) is 3.64. The third kappa shape index (κ3) is 3.99. The molecule has 1 atom stereocenters. The van der Waals surface area contributed by atoms with Gasteiger partial charge in [-0.1, -0.05) is 30.3 Å². The van der Waals surface area contributed by atoms with Gasteiger partial charge >= 0.3 is 6.18 Å². The highest BCUT2D eigenvalue weighted by Gasteiger charge is 2.31. The van der Waals surface area contributed by atoms with Crippen molar-refractivity contribution in [3.8, 4) is 0 Å². The Kier molecular flexibility index (Phi) is 4.48. The van der Waals surface area contributed by atoms with Gasteiger partial charge in [0.2, 0.25) is 5.91 Å². The molecule has 0 fully saturated rings. The molecule has 4 nitrogen and oxygen atoms in total. The molecule has 0 radical (unpaired) electrons. The van der Waals surface area contributed by atoms with Crippen LogP contribution in [-0.2, 0) is 22.2 Å². The van der Waals surface area contributed by atoms with Crippen molar-refractivity contribution in [2.24, 2.45) is 0 Å². The summed E-state index contributed by atoms with van der Waals surface area (Å²) in [5, 5.41) is 5.69. The number of benzene rings is 2. The summed E-state index contributed by atoms with van der Waals surface area (Å²) < 4.78 is 38.2. The number of hydrogen-bond donors (Lipinski definition) is 2. The minimum atomic E-state index is -4.45. The predicted molar refractivity (Wildman–Crippen MR) is 87.3 cm³/mol. The first-order valence-electron chi connectivity index (χ1n) is 7.67. The van der Waals surface area contributed by atoms with Gasteiger partial charge in [-0.05, 0) is 23.8 Å². The molecule has 1 unspecified atom stereocenters. The van der Waals surface area contributed by atoms with E-state index in [1.54, 1.807) is 24.3 Å². The summed E-state index contributed by atoms with van der Waals surface area (Å²) in [4.78, 5) is 24.3. The van der Waals surface area contributed by atoms with E-state index in [0.29, 0.717) is 11.4 Å². The van der Waals surface area contributed by atoms with Gasteiger partial charge in [0, 0.05) is 12.8 Å². The highest BCUT2D eigenvalue weighted by atomic mass is 19.4. The van der Waals surface area contributed by atoms with E-state index in [9.17, 15) is 22.8 Å². The summed E-state index contributed by atoms with van der Waals surface area (Å²) in [6.07, 6.45) is -4.71. The van der Waals surface area contributed by atoms with Crippen LogP contribution in [0.15, 0.2) is 48.5 Å². The number of alkyl halides is 3. The number of anilines is 2. The quantitative estimate of drug-likeness (QED) is 0.887. The molecule has 1 aliphatic rings. The lowest BCUT2D eigenvalue weighted by Crippen LogP contribution is -2.40. The van der Waals surface area contributed by atoms with Crippen LogP contribution in [-0.4, -0.2) is 17.7 Å². The Morgan fingerprint density at radius 3 is 2.48 bits per heavy atom. The molecule has 130 valence electrons. The molecule has 2 aromatic rings. The Morgan fingerprint density at radius 1 is 1.04 bits per heavy atom. The Bertz CT molecular complexity index is 818. The first kappa shape index (κ1) is 17.0. The number of halogens is 3. The van der Waals surface area contributed by atoms with Crippen molar-refractivity contribution in [3.05, 3.63) is 59.7 Å². The van der Waals surface area contributed by atoms with Gasteiger partial charge in [-0.3, -0.25) is 9.59 Å². The first-order chi connectivity index (χ1) is 11.8. The zero-order chi connectivity index (χ0) is 18.0. The van der Waals surface area contributed by atoms with Crippen LogP contribution >= 0.6 is 0 Å². The van der Waals surface area contributed by atoms with Crippen molar-refractivity contribution in [3.63, 3.8) is 0 Å². The van der Waals surface area contributed by atoms with E-state index in [1.807, 2.05) is 0 Å². The monoisotopic (exact) mass is 348 g/mol. The molecular weight excluding hydrogens is 333 g/mol. The van der Waals surface area contributed by atoms with Crippen molar-refractivity contribution in [1.29, 1.82) is 0 Å². The van der Waals surface area contributed by atoms with E-state index in [0.717, 1.165) is 12.1 Å². The second-order valence-corrected chi connectivity index (χ2v) is 5.85. The van der Waals surface area contributed by atoms with Crippen LogP contribution in [0.25, 0.3) is 0 Å². The maximum absolute atomic E-state index is 12.7. The summed E-state index contributed by atoms with van der Waals surface area (Å²) >= 11 is 0. The maximum Gasteiger partial charge on any atom is 0.416 e. The van der Waals surface area contributed by atoms with Gasteiger partial charge < -0.3 is 10.6 Å². The topological polar surface area (TPSA) is 58.2 Å². The average molecular weight is 348 g/mol. The fourth-order valence-electron chi connectivity index (χ4n) is 2.72. The number of Topliss-reactive ketones (excluding diaryl/α,β-unsaturated/α-hetero) is 1. The molecule has 7 heteroatoms. The third-order valence-corrected chi connectivity index (χ3v) is 3.92. The standard InChI is InChI=1S/C18H15F3N2O2/c19-18(20,21)12-5-3-4-11(8-12)9-13(24)10-16-17(25)23-15-7-2-1-6-14(15)22-16/h1-8,16,22H,9-10H2,(H,23,25). The second-order valence-electron chi connectivity index (χ2n) is 5.85. The average Bonchev–Trinajstić information content (AvgIpc) is 2.55.